The summed E-state index contributed by atoms with van der Waals surface area (Å²) < 4.78 is 0. The number of hydrogen-bond donors (Lipinski definition) is 1. The Morgan fingerprint density at radius 3 is 3.00 bits per heavy atom. The lowest BCUT2D eigenvalue weighted by Gasteiger charge is -2.36. The summed E-state index contributed by atoms with van der Waals surface area (Å²) in [5.74, 6) is 0. The molecule has 0 amide bonds. The Morgan fingerprint density at radius 2 is 2.17 bits per heavy atom. The number of halogens is 1. The quantitative estimate of drug-likeness (QED) is 0.877. The van der Waals surface area contributed by atoms with Crippen LogP contribution in [0.4, 0.5) is 5.69 Å². The van der Waals surface area contributed by atoms with Crippen molar-refractivity contribution in [3.63, 3.8) is 0 Å². The van der Waals surface area contributed by atoms with Crippen molar-refractivity contribution in [2.45, 2.75) is 44.7 Å². The number of piperidine rings is 1. The van der Waals surface area contributed by atoms with Crippen LogP contribution in [0.3, 0.4) is 0 Å². The zero-order valence-electron chi connectivity index (χ0n) is 11.0. The van der Waals surface area contributed by atoms with Gasteiger partial charge in [0.15, 0.2) is 0 Å². The van der Waals surface area contributed by atoms with Crippen molar-refractivity contribution < 1.29 is 0 Å². The predicted molar refractivity (Wildman–Crippen MR) is 77.4 cm³/mol. The molecular formula is C15H21ClN2. The monoisotopic (exact) mass is 264 g/mol. The average molecular weight is 265 g/mol. The highest BCUT2D eigenvalue weighted by Gasteiger charge is 2.31. The van der Waals surface area contributed by atoms with E-state index in [1.165, 1.54) is 44.3 Å². The summed E-state index contributed by atoms with van der Waals surface area (Å²) in [6.45, 7) is 4.67. The lowest BCUT2D eigenvalue weighted by atomic mass is 9.97. The first-order chi connectivity index (χ1) is 8.74. The highest BCUT2D eigenvalue weighted by atomic mass is 35.5. The molecule has 2 aliphatic heterocycles. The number of anilines is 1. The Bertz CT molecular complexity index is 412. The molecule has 2 nitrogen and oxygen atoms in total. The minimum atomic E-state index is 0.586. The first kappa shape index (κ1) is 12.3. The van der Waals surface area contributed by atoms with Gasteiger partial charge in [0.1, 0.15) is 0 Å². The molecule has 3 heteroatoms. The molecule has 2 heterocycles. The van der Waals surface area contributed by atoms with Crippen LogP contribution >= 0.6 is 11.6 Å². The number of hydrogen-bond acceptors (Lipinski definition) is 2. The van der Waals surface area contributed by atoms with Gasteiger partial charge < -0.3 is 10.2 Å². The fraction of sp³-hybridized carbons (Fsp3) is 0.600. The van der Waals surface area contributed by atoms with E-state index in [1.807, 2.05) is 12.1 Å². The maximum Gasteiger partial charge on any atom is 0.0640 e. The van der Waals surface area contributed by atoms with Crippen molar-refractivity contribution in [1.29, 1.82) is 0 Å². The molecule has 0 bridgehead atoms. The molecule has 0 spiro atoms. The molecule has 3 rings (SSSR count). The number of fused-ring (bicyclic) bond motifs is 1. The third-order valence-electron chi connectivity index (χ3n) is 4.39. The van der Waals surface area contributed by atoms with E-state index in [0.717, 1.165) is 16.8 Å². The van der Waals surface area contributed by atoms with Crippen LogP contribution in [-0.4, -0.2) is 30.1 Å². The van der Waals surface area contributed by atoms with Gasteiger partial charge in [0.25, 0.3) is 0 Å². The molecule has 2 atom stereocenters. The van der Waals surface area contributed by atoms with Gasteiger partial charge in [-0.15, -0.1) is 0 Å². The second-order valence-corrected chi connectivity index (χ2v) is 6.04. The van der Waals surface area contributed by atoms with Crippen molar-refractivity contribution in [1.82, 2.24) is 4.90 Å². The van der Waals surface area contributed by atoms with Crippen molar-refractivity contribution in [2.24, 2.45) is 0 Å². The minimum Gasteiger partial charge on any atom is -0.381 e. The van der Waals surface area contributed by atoms with Crippen LogP contribution in [0.2, 0.25) is 5.02 Å². The zero-order chi connectivity index (χ0) is 12.5. The van der Waals surface area contributed by atoms with E-state index < -0.39 is 0 Å². The van der Waals surface area contributed by atoms with E-state index in [0.29, 0.717) is 6.04 Å². The number of nitrogens with zero attached hydrogens (tertiary/aromatic N) is 1. The third-order valence-corrected chi connectivity index (χ3v) is 4.71. The van der Waals surface area contributed by atoms with Crippen molar-refractivity contribution in [3.8, 4) is 0 Å². The standard InChI is InChI=1S/C15H21ClN2/c1-11-4-2-6-14(16)15(11)17-12-7-9-18-8-3-5-13(18)10-12/h2,4,6,12-13,17H,3,5,7-10H2,1H3. The maximum atomic E-state index is 6.29. The maximum absolute atomic E-state index is 6.29. The normalized spacial score (nSPS) is 28.1. The van der Waals surface area contributed by atoms with Gasteiger partial charge in [-0.2, -0.15) is 0 Å². The number of rotatable bonds is 2. The van der Waals surface area contributed by atoms with Crippen LogP contribution in [0.25, 0.3) is 0 Å². The van der Waals surface area contributed by atoms with Gasteiger partial charge in [-0.05, 0) is 50.8 Å². The van der Waals surface area contributed by atoms with Crippen LogP contribution in [0.15, 0.2) is 18.2 Å². The van der Waals surface area contributed by atoms with Crippen LogP contribution in [0, 0.1) is 6.92 Å². The largest absolute Gasteiger partial charge is 0.381 e. The smallest absolute Gasteiger partial charge is 0.0640 e. The van der Waals surface area contributed by atoms with Gasteiger partial charge in [-0.3, -0.25) is 0 Å². The van der Waals surface area contributed by atoms with Gasteiger partial charge in [-0.25, -0.2) is 0 Å². The number of para-hydroxylation sites is 1. The highest BCUT2D eigenvalue weighted by Crippen LogP contribution is 2.31. The van der Waals surface area contributed by atoms with Gasteiger partial charge in [0.05, 0.1) is 10.7 Å². The molecule has 1 N–H and O–H groups in total. The Morgan fingerprint density at radius 1 is 1.28 bits per heavy atom. The predicted octanol–water partition coefficient (Wildman–Crippen LogP) is 3.69. The lowest BCUT2D eigenvalue weighted by Crippen LogP contribution is -2.42. The highest BCUT2D eigenvalue weighted by molar-refractivity contribution is 6.33. The SMILES string of the molecule is Cc1cccc(Cl)c1NC1CCN2CCCC2C1. The first-order valence-corrected chi connectivity index (χ1v) is 7.37. The Kier molecular flexibility index (Phi) is 3.49. The van der Waals surface area contributed by atoms with E-state index in [9.17, 15) is 0 Å². The number of aryl methyl sites for hydroxylation is 1. The van der Waals surface area contributed by atoms with Crippen molar-refractivity contribution in [3.05, 3.63) is 28.8 Å². The molecule has 2 fully saturated rings. The molecule has 1 aromatic rings. The second kappa shape index (κ2) is 5.10. The number of benzene rings is 1. The lowest BCUT2D eigenvalue weighted by molar-refractivity contribution is 0.188. The molecular weight excluding hydrogens is 244 g/mol. The summed E-state index contributed by atoms with van der Waals surface area (Å²) >= 11 is 6.29. The average Bonchev–Trinajstić information content (AvgIpc) is 2.81. The van der Waals surface area contributed by atoms with Crippen LogP contribution in [-0.2, 0) is 0 Å². The fourth-order valence-electron chi connectivity index (χ4n) is 3.37. The molecule has 0 saturated carbocycles. The Labute approximate surface area is 114 Å². The van der Waals surface area contributed by atoms with Gasteiger partial charge in [-0.1, -0.05) is 23.7 Å². The molecule has 2 aliphatic rings. The van der Waals surface area contributed by atoms with E-state index in [-0.39, 0.29) is 0 Å². The van der Waals surface area contributed by atoms with E-state index >= 15 is 0 Å². The second-order valence-electron chi connectivity index (χ2n) is 5.63. The topological polar surface area (TPSA) is 15.3 Å². The van der Waals surface area contributed by atoms with Crippen molar-refractivity contribution in [2.75, 3.05) is 18.4 Å². The first-order valence-electron chi connectivity index (χ1n) is 7.00. The summed E-state index contributed by atoms with van der Waals surface area (Å²) in [6, 6.07) is 7.50. The summed E-state index contributed by atoms with van der Waals surface area (Å²) in [5.41, 5.74) is 2.38. The Balaban J connectivity index is 1.69. The molecule has 2 saturated heterocycles. The molecule has 1 aromatic carbocycles. The van der Waals surface area contributed by atoms with Crippen LogP contribution in [0.5, 0.6) is 0 Å². The Hall–Kier alpha value is -0.730. The van der Waals surface area contributed by atoms with Crippen LogP contribution < -0.4 is 5.32 Å². The summed E-state index contributed by atoms with van der Waals surface area (Å²) in [7, 11) is 0. The van der Waals surface area contributed by atoms with Gasteiger partial charge in [0.2, 0.25) is 0 Å². The summed E-state index contributed by atoms with van der Waals surface area (Å²) in [6.07, 6.45) is 5.26. The van der Waals surface area contributed by atoms with E-state index in [1.54, 1.807) is 0 Å². The van der Waals surface area contributed by atoms with Gasteiger partial charge in [0, 0.05) is 18.6 Å². The molecule has 0 aliphatic carbocycles. The minimum absolute atomic E-state index is 0.586. The van der Waals surface area contributed by atoms with Crippen LogP contribution in [0.1, 0.15) is 31.2 Å². The van der Waals surface area contributed by atoms with E-state index in [4.69, 9.17) is 11.6 Å². The van der Waals surface area contributed by atoms with Crippen molar-refractivity contribution >= 4 is 17.3 Å². The molecule has 18 heavy (non-hydrogen) atoms. The molecule has 0 aromatic heterocycles. The zero-order valence-corrected chi connectivity index (χ0v) is 11.7. The van der Waals surface area contributed by atoms with Gasteiger partial charge >= 0.3 is 0 Å². The fourth-order valence-corrected chi connectivity index (χ4v) is 3.65. The molecule has 2 unspecified atom stereocenters. The summed E-state index contributed by atoms with van der Waals surface area (Å²) in [4.78, 5) is 2.65. The summed E-state index contributed by atoms with van der Waals surface area (Å²) in [5, 5.41) is 4.52. The third kappa shape index (κ3) is 2.36. The number of nitrogens with one attached hydrogen (secondary N) is 1. The molecule has 0 radical (unpaired) electrons. The molecule has 98 valence electrons. The van der Waals surface area contributed by atoms with E-state index in [2.05, 4.69) is 23.2 Å².